The minimum absolute atomic E-state index is 0.123. The predicted molar refractivity (Wildman–Crippen MR) is 58.6 cm³/mol. The van der Waals surface area contributed by atoms with Gasteiger partial charge in [0.05, 0.1) is 11.0 Å². The summed E-state index contributed by atoms with van der Waals surface area (Å²) in [4.78, 5) is 11.2. The highest BCUT2D eigenvalue weighted by Crippen LogP contribution is 2.43. The maximum absolute atomic E-state index is 11.2. The third-order valence-electron chi connectivity index (χ3n) is 4.20. The highest BCUT2D eigenvalue weighted by molar-refractivity contribution is 5.75. The lowest BCUT2D eigenvalue weighted by molar-refractivity contribution is -0.171. The average molecular weight is 214 g/mol. The zero-order valence-corrected chi connectivity index (χ0v) is 9.92. The lowest BCUT2D eigenvalue weighted by Gasteiger charge is -2.44. The van der Waals surface area contributed by atoms with E-state index in [1.54, 1.807) is 20.8 Å². The van der Waals surface area contributed by atoms with Crippen molar-refractivity contribution in [3.8, 4) is 0 Å². The van der Waals surface area contributed by atoms with E-state index in [-0.39, 0.29) is 5.92 Å². The molecule has 1 fully saturated rings. The number of carboxylic acids is 1. The van der Waals surface area contributed by atoms with E-state index >= 15 is 0 Å². The van der Waals surface area contributed by atoms with Crippen molar-refractivity contribution in [3.05, 3.63) is 0 Å². The van der Waals surface area contributed by atoms with Crippen molar-refractivity contribution < 1.29 is 15.0 Å². The van der Waals surface area contributed by atoms with Gasteiger partial charge in [0.1, 0.15) is 0 Å². The lowest BCUT2D eigenvalue weighted by atomic mass is 9.65. The Hall–Kier alpha value is -0.570. The van der Waals surface area contributed by atoms with Gasteiger partial charge in [0.2, 0.25) is 0 Å². The van der Waals surface area contributed by atoms with Gasteiger partial charge in [0, 0.05) is 0 Å². The van der Waals surface area contributed by atoms with Crippen LogP contribution in [0.15, 0.2) is 0 Å². The van der Waals surface area contributed by atoms with Crippen LogP contribution in [0.1, 0.15) is 52.9 Å². The molecule has 1 rings (SSSR count). The second-order valence-electron chi connectivity index (χ2n) is 5.41. The third-order valence-corrected chi connectivity index (χ3v) is 4.20. The van der Waals surface area contributed by atoms with Gasteiger partial charge in [-0.2, -0.15) is 0 Å². The maximum atomic E-state index is 11.2. The molecule has 0 saturated heterocycles. The Labute approximate surface area is 91.5 Å². The van der Waals surface area contributed by atoms with E-state index in [1.165, 1.54) is 6.42 Å². The van der Waals surface area contributed by atoms with Gasteiger partial charge in [-0.15, -0.1) is 0 Å². The van der Waals surface area contributed by atoms with Crippen molar-refractivity contribution in [1.82, 2.24) is 0 Å². The van der Waals surface area contributed by atoms with Crippen LogP contribution in [0.2, 0.25) is 0 Å². The number of carbonyl (C=O) groups is 1. The summed E-state index contributed by atoms with van der Waals surface area (Å²) >= 11 is 0. The van der Waals surface area contributed by atoms with E-state index in [1.807, 2.05) is 0 Å². The molecule has 0 aromatic rings. The van der Waals surface area contributed by atoms with Gasteiger partial charge in [-0.1, -0.05) is 19.3 Å². The molecule has 2 N–H and O–H groups in total. The van der Waals surface area contributed by atoms with Crippen LogP contribution in [-0.4, -0.2) is 21.8 Å². The van der Waals surface area contributed by atoms with E-state index in [4.69, 9.17) is 5.11 Å². The standard InChI is InChI=1S/C12H22O3/c1-11(2,10(13)14)12(3,15)9-7-5-4-6-8-9/h9,15H,4-8H2,1-3H3,(H,13,14). The molecule has 0 amide bonds. The Morgan fingerprint density at radius 3 is 2.00 bits per heavy atom. The average Bonchev–Trinajstić information content (AvgIpc) is 2.18. The van der Waals surface area contributed by atoms with Crippen LogP contribution in [0.4, 0.5) is 0 Å². The van der Waals surface area contributed by atoms with Gasteiger partial charge in [0.25, 0.3) is 0 Å². The van der Waals surface area contributed by atoms with Gasteiger partial charge in [-0.25, -0.2) is 0 Å². The molecule has 3 heteroatoms. The number of rotatable bonds is 3. The van der Waals surface area contributed by atoms with Crippen molar-refractivity contribution in [2.24, 2.45) is 11.3 Å². The first-order valence-corrected chi connectivity index (χ1v) is 5.76. The van der Waals surface area contributed by atoms with Gasteiger partial charge in [-0.3, -0.25) is 4.79 Å². The van der Waals surface area contributed by atoms with Crippen LogP contribution in [-0.2, 0) is 4.79 Å². The third kappa shape index (κ3) is 2.17. The Kier molecular flexibility index (Phi) is 3.44. The quantitative estimate of drug-likeness (QED) is 0.758. The topological polar surface area (TPSA) is 57.5 Å². The number of hydrogen-bond donors (Lipinski definition) is 2. The minimum Gasteiger partial charge on any atom is -0.481 e. The van der Waals surface area contributed by atoms with Gasteiger partial charge >= 0.3 is 5.97 Å². The second-order valence-corrected chi connectivity index (χ2v) is 5.41. The van der Waals surface area contributed by atoms with E-state index in [9.17, 15) is 9.90 Å². The largest absolute Gasteiger partial charge is 0.481 e. The first kappa shape index (κ1) is 12.5. The van der Waals surface area contributed by atoms with Crippen molar-refractivity contribution in [2.75, 3.05) is 0 Å². The molecule has 3 nitrogen and oxygen atoms in total. The molecule has 0 bridgehead atoms. The van der Waals surface area contributed by atoms with Gasteiger partial charge in [-0.05, 0) is 39.5 Å². The number of carboxylic acid groups (broad SMARTS) is 1. The Bertz CT molecular complexity index is 237. The molecular formula is C12H22O3. The van der Waals surface area contributed by atoms with Crippen LogP contribution in [0.5, 0.6) is 0 Å². The van der Waals surface area contributed by atoms with Crippen molar-refractivity contribution >= 4 is 5.97 Å². The van der Waals surface area contributed by atoms with E-state index < -0.39 is 17.0 Å². The Morgan fingerprint density at radius 2 is 1.60 bits per heavy atom. The molecule has 0 spiro atoms. The molecule has 1 aliphatic carbocycles. The van der Waals surface area contributed by atoms with Crippen molar-refractivity contribution in [2.45, 2.75) is 58.5 Å². The second kappa shape index (κ2) is 4.12. The summed E-state index contributed by atoms with van der Waals surface area (Å²) < 4.78 is 0. The van der Waals surface area contributed by atoms with Crippen molar-refractivity contribution in [1.29, 1.82) is 0 Å². The molecule has 1 aliphatic rings. The summed E-state index contributed by atoms with van der Waals surface area (Å²) in [6.07, 6.45) is 5.32. The van der Waals surface area contributed by atoms with Crippen LogP contribution in [0.3, 0.4) is 0 Å². The lowest BCUT2D eigenvalue weighted by Crippen LogP contribution is -2.52. The molecule has 0 aromatic carbocycles. The summed E-state index contributed by atoms with van der Waals surface area (Å²) in [6.45, 7) is 4.91. The van der Waals surface area contributed by atoms with Gasteiger partial charge < -0.3 is 10.2 Å². The van der Waals surface area contributed by atoms with Crippen LogP contribution >= 0.6 is 0 Å². The fraction of sp³-hybridized carbons (Fsp3) is 0.917. The molecule has 0 radical (unpaired) electrons. The molecule has 1 unspecified atom stereocenters. The van der Waals surface area contributed by atoms with Crippen LogP contribution < -0.4 is 0 Å². The molecule has 88 valence electrons. The van der Waals surface area contributed by atoms with Gasteiger partial charge in [0.15, 0.2) is 0 Å². The highest BCUT2D eigenvalue weighted by Gasteiger charge is 2.50. The monoisotopic (exact) mass is 214 g/mol. The van der Waals surface area contributed by atoms with Crippen molar-refractivity contribution in [3.63, 3.8) is 0 Å². The highest BCUT2D eigenvalue weighted by atomic mass is 16.4. The SMILES string of the molecule is CC(C)(C(=O)O)C(C)(O)C1CCCCC1. The summed E-state index contributed by atoms with van der Waals surface area (Å²) in [6, 6.07) is 0. The molecular weight excluding hydrogens is 192 g/mol. The van der Waals surface area contributed by atoms with Crippen LogP contribution in [0.25, 0.3) is 0 Å². The molecule has 0 aliphatic heterocycles. The summed E-state index contributed by atoms with van der Waals surface area (Å²) in [5, 5.41) is 19.6. The number of hydrogen-bond acceptors (Lipinski definition) is 2. The van der Waals surface area contributed by atoms with E-state index in [0.717, 1.165) is 25.7 Å². The smallest absolute Gasteiger partial charge is 0.312 e. The number of aliphatic carboxylic acids is 1. The fourth-order valence-electron chi connectivity index (χ4n) is 2.39. The first-order chi connectivity index (χ1) is 6.80. The molecule has 15 heavy (non-hydrogen) atoms. The fourth-order valence-corrected chi connectivity index (χ4v) is 2.39. The first-order valence-electron chi connectivity index (χ1n) is 5.76. The Morgan fingerprint density at radius 1 is 1.13 bits per heavy atom. The number of aliphatic hydroxyl groups is 1. The zero-order chi connectivity index (χ0) is 11.7. The normalized spacial score (nSPS) is 23.5. The Balaban J connectivity index is 2.84. The zero-order valence-electron chi connectivity index (χ0n) is 9.92. The molecule has 0 heterocycles. The minimum atomic E-state index is -1.11. The maximum Gasteiger partial charge on any atom is 0.312 e. The molecule has 0 aromatic heterocycles. The predicted octanol–water partition coefficient (Wildman–Crippen LogP) is 2.43. The molecule has 1 saturated carbocycles. The summed E-state index contributed by atoms with van der Waals surface area (Å²) in [5.74, 6) is -0.796. The molecule has 1 atom stereocenters. The van der Waals surface area contributed by atoms with E-state index in [0.29, 0.717) is 0 Å². The van der Waals surface area contributed by atoms with Crippen LogP contribution in [0, 0.1) is 11.3 Å². The summed E-state index contributed by atoms with van der Waals surface area (Å²) in [5.41, 5.74) is -2.19. The van der Waals surface area contributed by atoms with E-state index in [2.05, 4.69) is 0 Å². The summed E-state index contributed by atoms with van der Waals surface area (Å²) in [7, 11) is 0.